The molecule has 1 atom stereocenters. The largest absolute Gasteiger partial charge is 0.496 e. The van der Waals surface area contributed by atoms with Crippen LogP contribution in [0.15, 0.2) is 54.6 Å². The van der Waals surface area contributed by atoms with Crippen LogP contribution in [0.3, 0.4) is 0 Å². The highest BCUT2D eigenvalue weighted by atomic mass is 16.5. The topological polar surface area (TPSA) is 73.9 Å². The molecule has 1 N–H and O–H groups in total. The molecule has 1 amide bonds. The molecule has 0 bridgehead atoms. The number of para-hydroxylation sites is 1. The van der Waals surface area contributed by atoms with Gasteiger partial charge in [-0.25, -0.2) is 4.79 Å². The summed E-state index contributed by atoms with van der Waals surface area (Å²) in [4.78, 5) is 24.1. The second kappa shape index (κ2) is 10.0. The third kappa shape index (κ3) is 6.18. The van der Waals surface area contributed by atoms with Crippen LogP contribution in [0.4, 0.5) is 5.69 Å². The number of hydrogen-bond acceptors (Lipinski definition) is 5. The molecule has 27 heavy (non-hydrogen) atoms. The van der Waals surface area contributed by atoms with E-state index in [2.05, 4.69) is 5.32 Å². The number of methoxy groups -OCH3 is 1. The molecule has 0 saturated carbocycles. The second-order valence-corrected chi connectivity index (χ2v) is 5.60. The summed E-state index contributed by atoms with van der Waals surface area (Å²) in [5.41, 5.74) is 1.33. The van der Waals surface area contributed by atoms with E-state index >= 15 is 0 Å². The lowest BCUT2D eigenvalue weighted by Gasteiger charge is -2.13. The van der Waals surface area contributed by atoms with Gasteiger partial charge in [-0.05, 0) is 50.3 Å². The van der Waals surface area contributed by atoms with Crippen molar-refractivity contribution in [2.24, 2.45) is 0 Å². The van der Waals surface area contributed by atoms with Gasteiger partial charge in [-0.1, -0.05) is 18.2 Å². The van der Waals surface area contributed by atoms with Crippen LogP contribution in [-0.2, 0) is 14.3 Å². The van der Waals surface area contributed by atoms with Gasteiger partial charge in [-0.3, -0.25) is 4.79 Å². The van der Waals surface area contributed by atoms with Gasteiger partial charge in [0.05, 0.1) is 13.7 Å². The maximum Gasteiger partial charge on any atom is 0.331 e. The van der Waals surface area contributed by atoms with E-state index in [4.69, 9.17) is 14.2 Å². The molecule has 1 unspecified atom stereocenters. The summed E-state index contributed by atoms with van der Waals surface area (Å²) >= 11 is 0. The quantitative estimate of drug-likeness (QED) is 0.568. The van der Waals surface area contributed by atoms with Crippen molar-refractivity contribution in [3.8, 4) is 11.5 Å². The fraction of sp³-hybridized carbons (Fsp3) is 0.238. The number of esters is 1. The first-order valence-electron chi connectivity index (χ1n) is 8.59. The number of carbonyl (C=O) groups is 2. The molecule has 2 aromatic carbocycles. The average molecular weight is 369 g/mol. The van der Waals surface area contributed by atoms with E-state index in [1.807, 2.05) is 25.1 Å². The Balaban J connectivity index is 1.89. The Morgan fingerprint density at radius 1 is 1.11 bits per heavy atom. The van der Waals surface area contributed by atoms with Crippen LogP contribution >= 0.6 is 0 Å². The fourth-order valence-electron chi connectivity index (χ4n) is 2.27. The molecular formula is C21H23NO5. The lowest BCUT2D eigenvalue weighted by Crippen LogP contribution is -2.29. The van der Waals surface area contributed by atoms with Crippen molar-refractivity contribution in [1.29, 1.82) is 0 Å². The van der Waals surface area contributed by atoms with Gasteiger partial charge >= 0.3 is 5.97 Å². The van der Waals surface area contributed by atoms with Gasteiger partial charge in [0.2, 0.25) is 0 Å². The van der Waals surface area contributed by atoms with E-state index < -0.39 is 18.0 Å². The molecule has 0 spiro atoms. The second-order valence-electron chi connectivity index (χ2n) is 5.60. The van der Waals surface area contributed by atoms with Crippen LogP contribution in [0.1, 0.15) is 19.4 Å². The van der Waals surface area contributed by atoms with Gasteiger partial charge in [0.1, 0.15) is 11.5 Å². The fourth-order valence-corrected chi connectivity index (χ4v) is 2.27. The van der Waals surface area contributed by atoms with E-state index in [1.54, 1.807) is 43.5 Å². The Labute approximate surface area is 158 Å². The summed E-state index contributed by atoms with van der Waals surface area (Å²) in [6.45, 7) is 3.98. The van der Waals surface area contributed by atoms with Gasteiger partial charge in [-0.15, -0.1) is 0 Å². The number of ether oxygens (including phenoxy) is 3. The van der Waals surface area contributed by atoms with Crippen LogP contribution in [0.25, 0.3) is 6.08 Å². The lowest BCUT2D eigenvalue weighted by molar-refractivity contribution is -0.148. The van der Waals surface area contributed by atoms with Crippen LogP contribution in [-0.4, -0.2) is 31.7 Å². The first kappa shape index (κ1) is 20.0. The number of hydrogen-bond donors (Lipinski definition) is 1. The minimum Gasteiger partial charge on any atom is -0.496 e. The molecule has 0 aliphatic carbocycles. The highest BCUT2D eigenvalue weighted by Gasteiger charge is 2.16. The van der Waals surface area contributed by atoms with E-state index in [-0.39, 0.29) is 0 Å². The standard InChI is InChI=1S/C21H23NO5/c1-4-26-18-12-10-17(11-13-18)22-21(24)15(2)27-20(23)14-9-16-7-5-6-8-19(16)25-3/h5-15H,4H2,1-3H3,(H,22,24)/b14-9+. The number of amides is 1. The maximum atomic E-state index is 12.2. The van der Waals surface area contributed by atoms with Gasteiger partial charge in [0.25, 0.3) is 5.91 Å². The van der Waals surface area contributed by atoms with Crippen molar-refractivity contribution in [2.45, 2.75) is 20.0 Å². The molecule has 2 rings (SSSR count). The average Bonchev–Trinajstić information content (AvgIpc) is 2.68. The van der Waals surface area contributed by atoms with Crippen molar-refractivity contribution < 1.29 is 23.8 Å². The summed E-state index contributed by atoms with van der Waals surface area (Å²) in [6.07, 6.45) is 1.91. The molecule has 2 aromatic rings. The van der Waals surface area contributed by atoms with Crippen molar-refractivity contribution in [3.63, 3.8) is 0 Å². The highest BCUT2D eigenvalue weighted by Crippen LogP contribution is 2.19. The molecule has 142 valence electrons. The Kier molecular flexibility index (Phi) is 7.43. The smallest absolute Gasteiger partial charge is 0.331 e. The van der Waals surface area contributed by atoms with Crippen LogP contribution < -0.4 is 14.8 Å². The summed E-state index contributed by atoms with van der Waals surface area (Å²) in [5, 5.41) is 2.69. The number of benzene rings is 2. The predicted molar refractivity (Wildman–Crippen MR) is 104 cm³/mol. The van der Waals surface area contributed by atoms with Crippen LogP contribution in [0.2, 0.25) is 0 Å². The van der Waals surface area contributed by atoms with Gasteiger partial charge in [0.15, 0.2) is 6.10 Å². The van der Waals surface area contributed by atoms with Gasteiger partial charge in [-0.2, -0.15) is 0 Å². The molecule has 0 heterocycles. The third-order valence-electron chi connectivity index (χ3n) is 3.63. The molecule has 0 aliphatic rings. The first-order valence-corrected chi connectivity index (χ1v) is 8.59. The highest BCUT2D eigenvalue weighted by molar-refractivity contribution is 5.96. The van der Waals surface area contributed by atoms with Crippen molar-refractivity contribution in [3.05, 3.63) is 60.2 Å². The molecule has 6 nitrogen and oxygen atoms in total. The normalized spacial score (nSPS) is 11.7. The molecule has 0 fully saturated rings. The van der Waals surface area contributed by atoms with E-state index in [0.29, 0.717) is 18.0 Å². The molecule has 6 heteroatoms. The lowest BCUT2D eigenvalue weighted by atomic mass is 10.2. The first-order chi connectivity index (χ1) is 13.0. The number of rotatable bonds is 8. The van der Waals surface area contributed by atoms with Crippen molar-refractivity contribution in [2.75, 3.05) is 19.0 Å². The molecule has 0 aromatic heterocycles. The molecule has 0 radical (unpaired) electrons. The minimum absolute atomic E-state index is 0.418. The Bertz CT molecular complexity index is 798. The molecular weight excluding hydrogens is 346 g/mol. The summed E-state index contributed by atoms with van der Waals surface area (Å²) in [6, 6.07) is 14.2. The Morgan fingerprint density at radius 3 is 2.48 bits per heavy atom. The Morgan fingerprint density at radius 2 is 1.81 bits per heavy atom. The van der Waals surface area contributed by atoms with Crippen molar-refractivity contribution in [1.82, 2.24) is 0 Å². The van der Waals surface area contributed by atoms with E-state index in [0.717, 1.165) is 11.3 Å². The third-order valence-corrected chi connectivity index (χ3v) is 3.63. The minimum atomic E-state index is -0.939. The molecule has 0 saturated heterocycles. The van der Waals surface area contributed by atoms with E-state index in [9.17, 15) is 9.59 Å². The van der Waals surface area contributed by atoms with Gasteiger partial charge in [0, 0.05) is 17.3 Å². The predicted octanol–water partition coefficient (Wildman–Crippen LogP) is 3.68. The summed E-state index contributed by atoms with van der Waals surface area (Å²) in [7, 11) is 1.55. The zero-order chi connectivity index (χ0) is 19.6. The van der Waals surface area contributed by atoms with Crippen LogP contribution in [0, 0.1) is 0 Å². The summed E-state index contributed by atoms with van der Waals surface area (Å²) < 4.78 is 15.7. The van der Waals surface area contributed by atoms with Gasteiger partial charge < -0.3 is 19.5 Å². The number of carbonyl (C=O) groups excluding carboxylic acids is 2. The SMILES string of the molecule is CCOc1ccc(NC(=O)C(C)OC(=O)/C=C/c2ccccc2OC)cc1. The number of nitrogens with one attached hydrogen (secondary N) is 1. The monoisotopic (exact) mass is 369 g/mol. The van der Waals surface area contributed by atoms with Crippen molar-refractivity contribution >= 4 is 23.6 Å². The maximum absolute atomic E-state index is 12.2. The van der Waals surface area contributed by atoms with E-state index in [1.165, 1.54) is 13.0 Å². The van der Waals surface area contributed by atoms with Crippen LogP contribution in [0.5, 0.6) is 11.5 Å². The number of anilines is 1. The summed E-state index contributed by atoms with van der Waals surface area (Å²) in [5.74, 6) is 0.327. The Hall–Kier alpha value is -3.28. The zero-order valence-corrected chi connectivity index (χ0v) is 15.6. The zero-order valence-electron chi connectivity index (χ0n) is 15.6. The molecule has 0 aliphatic heterocycles.